The van der Waals surface area contributed by atoms with E-state index in [1.807, 2.05) is 0 Å². The fraction of sp³-hybridized carbons (Fsp3) is 0.429. The highest BCUT2D eigenvalue weighted by Gasteiger charge is 2.08. The van der Waals surface area contributed by atoms with Crippen molar-refractivity contribution in [3.8, 4) is 0 Å². The molecule has 1 aliphatic rings. The van der Waals surface area contributed by atoms with Gasteiger partial charge in [0.05, 0.1) is 6.26 Å². The first-order chi connectivity index (χ1) is 8.27. The second kappa shape index (κ2) is 5.80. The van der Waals surface area contributed by atoms with Crippen LogP contribution in [0.3, 0.4) is 0 Å². The maximum atomic E-state index is 13.3. The van der Waals surface area contributed by atoms with Gasteiger partial charge < -0.3 is 4.74 Å². The van der Waals surface area contributed by atoms with Gasteiger partial charge in [0.15, 0.2) is 11.6 Å². The first kappa shape index (κ1) is 12.1. The fourth-order valence-electron chi connectivity index (χ4n) is 2.03. The van der Waals surface area contributed by atoms with E-state index in [-0.39, 0.29) is 12.2 Å². The Hall–Kier alpha value is -1.38. The first-order valence-corrected chi connectivity index (χ1v) is 6.00. The van der Waals surface area contributed by atoms with Crippen molar-refractivity contribution >= 4 is 0 Å². The Morgan fingerprint density at radius 1 is 1.12 bits per heavy atom. The van der Waals surface area contributed by atoms with E-state index in [2.05, 4.69) is 0 Å². The van der Waals surface area contributed by atoms with E-state index < -0.39 is 11.6 Å². The monoisotopic (exact) mass is 238 g/mol. The standard InChI is InChI=1S/C14H16F2O/c15-13-8-4-7-12(14(13)16)10-17-9-11-5-2-1-3-6-11/h4,7-9H,1-3,5-6,10H2. The quantitative estimate of drug-likeness (QED) is 0.712. The van der Waals surface area contributed by atoms with Crippen molar-refractivity contribution in [3.05, 3.63) is 47.2 Å². The molecule has 0 spiro atoms. The molecule has 1 aromatic rings. The summed E-state index contributed by atoms with van der Waals surface area (Å²) in [6.07, 6.45) is 7.50. The summed E-state index contributed by atoms with van der Waals surface area (Å²) in [5.74, 6) is -1.63. The molecule has 0 aromatic heterocycles. The molecule has 0 heterocycles. The molecule has 1 fully saturated rings. The molecule has 17 heavy (non-hydrogen) atoms. The van der Waals surface area contributed by atoms with Crippen LogP contribution < -0.4 is 0 Å². The summed E-state index contributed by atoms with van der Waals surface area (Å²) in [5.41, 5.74) is 1.53. The smallest absolute Gasteiger partial charge is 0.165 e. The molecule has 92 valence electrons. The molecule has 0 N–H and O–H groups in total. The van der Waals surface area contributed by atoms with Gasteiger partial charge in [-0.2, -0.15) is 0 Å². The molecule has 0 saturated heterocycles. The molecule has 1 aliphatic carbocycles. The van der Waals surface area contributed by atoms with Crippen LogP contribution in [0.25, 0.3) is 0 Å². The van der Waals surface area contributed by atoms with Crippen LogP contribution in [0.1, 0.15) is 37.7 Å². The summed E-state index contributed by atoms with van der Waals surface area (Å²) in [6.45, 7) is 0.0904. The van der Waals surface area contributed by atoms with Gasteiger partial charge in [-0.05, 0) is 37.3 Å². The van der Waals surface area contributed by atoms with E-state index in [4.69, 9.17) is 4.74 Å². The summed E-state index contributed by atoms with van der Waals surface area (Å²) in [7, 11) is 0. The minimum Gasteiger partial charge on any atom is -0.496 e. The molecule has 0 bridgehead atoms. The molecule has 0 amide bonds. The number of halogens is 2. The summed E-state index contributed by atoms with van der Waals surface area (Å²) < 4.78 is 31.5. The van der Waals surface area contributed by atoms with E-state index in [1.165, 1.54) is 37.0 Å². The lowest BCUT2D eigenvalue weighted by Gasteiger charge is -2.13. The Labute approximate surface area is 100 Å². The van der Waals surface area contributed by atoms with Gasteiger partial charge in [-0.3, -0.25) is 0 Å². The van der Waals surface area contributed by atoms with Gasteiger partial charge in [-0.25, -0.2) is 8.78 Å². The number of ether oxygens (including phenoxy) is 1. The van der Waals surface area contributed by atoms with Crippen molar-refractivity contribution in [3.63, 3.8) is 0 Å². The third kappa shape index (κ3) is 3.29. The molecule has 0 aliphatic heterocycles. The maximum Gasteiger partial charge on any atom is 0.165 e. The Bertz CT molecular complexity index is 405. The van der Waals surface area contributed by atoms with Crippen LogP contribution in [0.2, 0.25) is 0 Å². The van der Waals surface area contributed by atoms with Gasteiger partial charge >= 0.3 is 0 Å². The lowest BCUT2D eigenvalue weighted by atomic mass is 9.96. The molecule has 0 unspecified atom stereocenters. The summed E-state index contributed by atoms with van der Waals surface area (Å²) >= 11 is 0. The Balaban J connectivity index is 1.91. The van der Waals surface area contributed by atoms with E-state index in [0.29, 0.717) is 0 Å². The van der Waals surface area contributed by atoms with Crippen LogP contribution >= 0.6 is 0 Å². The highest BCUT2D eigenvalue weighted by atomic mass is 19.2. The van der Waals surface area contributed by atoms with Gasteiger partial charge in [0.2, 0.25) is 0 Å². The van der Waals surface area contributed by atoms with Gasteiger partial charge in [0.25, 0.3) is 0 Å². The second-order valence-electron chi connectivity index (χ2n) is 4.36. The Morgan fingerprint density at radius 2 is 1.88 bits per heavy atom. The average molecular weight is 238 g/mol. The topological polar surface area (TPSA) is 9.23 Å². The third-order valence-corrected chi connectivity index (χ3v) is 3.02. The van der Waals surface area contributed by atoms with Gasteiger partial charge in [0.1, 0.15) is 6.61 Å². The molecule has 0 atom stereocenters. The first-order valence-electron chi connectivity index (χ1n) is 6.00. The zero-order valence-electron chi connectivity index (χ0n) is 9.72. The Kier molecular flexibility index (Phi) is 4.13. The van der Waals surface area contributed by atoms with Crippen LogP contribution in [0, 0.1) is 11.6 Å². The predicted molar refractivity (Wildman–Crippen MR) is 62.3 cm³/mol. The number of rotatable bonds is 3. The molecule has 3 heteroatoms. The maximum absolute atomic E-state index is 13.3. The molecule has 1 saturated carbocycles. The lowest BCUT2D eigenvalue weighted by molar-refractivity contribution is 0.225. The van der Waals surface area contributed by atoms with Crippen molar-refractivity contribution < 1.29 is 13.5 Å². The van der Waals surface area contributed by atoms with Crippen LogP contribution in [0.5, 0.6) is 0 Å². The van der Waals surface area contributed by atoms with Crippen LogP contribution in [0.4, 0.5) is 8.78 Å². The fourth-order valence-corrected chi connectivity index (χ4v) is 2.03. The minimum absolute atomic E-state index is 0.0904. The van der Waals surface area contributed by atoms with E-state index >= 15 is 0 Å². The number of benzene rings is 1. The summed E-state index contributed by atoms with van der Waals surface area (Å²) in [5, 5.41) is 0. The minimum atomic E-state index is -0.823. The van der Waals surface area contributed by atoms with Crippen molar-refractivity contribution in [2.75, 3.05) is 0 Å². The lowest BCUT2D eigenvalue weighted by Crippen LogP contribution is -1.98. The molecule has 0 radical (unpaired) electrons. The predicted octanol–water partition coefficient (Wildman–Crippen LogP) is 4.33. The number of allylic oxidation sites excluding steroid dienone is 1. The molecular formula is C14H16F2O. The zero-order valence-corrected chi connectivity index (χ0v) is 9.72. The van der Waals surface area contributed by atoms with Crippen LogP contribution in [-0.4, -0.2) is 0 Å². The zero-order chi connectivity index (χ0) is 12.1. The third-order valence-electron chi connectivity index (χ3n) is 3.02. The highest BCUT2D eigenvalue weighted by Crippen LogP contribution is 2.23. The number of hydrogen-bond acceptors (Lipinski definition) is 1. The highest BCUT2D eigenvalue weighted by molar-refractivity contribution is 5.18. The van der Waals surface area contributed by atoms with Crippen molar-refractivity contribution in [1.82, 2.24) is 0 Å². The van der Waals surface area contributed by atoms with Gasteiger partial charge in [0, 0.05) is 5.56 Å². The normalized spacial score (nSPS) is 15.8. The van der Waals surface area contributed by atoms with Gasteiger partial charge in [-0.15, -0.1) is 0 Å². The van der Waals surface area contributed by atoms with Gasteiger partial charge in [-0.1, -0.05) is 18.6 Å². The van der Waals surface area contributed by atoms with Crippen molar-refractivity contribution in [2.24, 2.45) is 0 Å². The largest absolute Gasteiger partial charge is 0.496 e. The van der Waals surface area contributed by atoms with E-state index in [9.17, 15) is 8.78 Å². The van der Waals surface area contributed by atoms with Crippen molar-refractivity contribution in [1.29, 1.82) is 0 Å². The Morgan fingerprint density at radius 3 is 2.65 bits per heavy atom. The SMILES string of the molecule is Fc1cccc(COC=C2CCCCC2)c1F. The molecular weight excluding hydrogens is 222 g/mol. The van der Waals surface area contributed by atoms with Crippen LogP contribution in [0.15, 0.2) is 30.0 Å². The molecule has 1 nitrogen and oxygen atoms in total. The van der Waals surface area contributed by atoms with Crippen molar-refractivity contribution in [2.45, 2.75) is 38.7 Å². The summed E-state index contributed by atoms with van der Waals surface area (Å²) in [4.78, 5) is 0. The van der Waals surface area contributed by atoms with E-state index in [1.54, 1.807) is 6.26 Å². The summed E-state index contributed by atoms with van der Waals surface area (Å²) in [6, 6.07) is 4.14. The molecule has 2 rings (SSSR count). The van der Waals surface area contributed by atoms with Crippen LogP contribution in [-0.2, 0) is 11.3 Å². The average Bonchev–Trinajstić information content (AvgIpc) is 2.36. The van der Waals surface area contributed by atoms with E-state index in [0.717, 1.165) is 18.9 Å². The second-order valence-corrected chi connectivity index (χ2v) is 4.36. The molecule has 1 aromatic carbocycles. The number of hydrogen-bond donors (Lipinski definition) is 0.